The fourth-order valence-electron chi connectivity index (χ4n) is 2.66. The van der Waals surface area contributed by atoms with Crippen LogP contribution in [0.25, 0.3) is 11.4 Å². The lowest BCUT2D eigenvalue weighted by atomic mass is 10.1. The van der Waals surface area contributed by atoms with Crippen LogP contribution in [0.4, 0.5) is 4.39 Å². The zero-order valence-electron chi connectivity index (χ0n) is 14.8. The first-order valence-corrected chi connectivity index (χ1v) is 9.68. The van der Waals surface area contributed by atoms with Gasteiger partial charge < -0.3 is 5.32 Å². The maximum Gasteiger partial charge on any atom is 0.238 e. The Labute approximate surface area is 160 Å². The first-order valence-electron chi connectivity index (χ1n) is 8.80. The van der Waals surface area contributed by atoms with E-state index in [1.165, 1.54) is 29.5 Å². The minimum absolute atomic E-state index is 0.101. The number of amides is 1. The Kier molecular flexibility index (Phi) is 4.94. The number of hydrogen-bond donors (Lipinski definition) is 2. The lowest BCUT2D eigenvalue weighted by molar-refractivity contribution is -0.120. The number of rotatable bonds is 6. The van der Waals surface area contributed by atoms with Gasteiger partial charge in [0.1, 0.15) is 11.1 Å². The van der Waals surface area contributed by atoms with Crippen LogP contribution in [0.2, 0.25) is 0 Å². The molecule has 7 heteroatoms. The molecule has 1 aromatic heterocycles. The van der Waals surface area contributed by atoms with Crippen molar-refractivity contribution in [2.75, 3.05) is 0 Å². The molecule has 0 spiro atoms. The molecule has 27 heavy (non-hydrogen) atoms. The molecule has 1 unspecified atom stereocenters. The maximum absolute atomic E-state index is 13.3. The molecule has 1 fully saturated rings. The Hall–Kier alpha value is -2.67. The molecule has 1 atom stereocenters. The molecule has 1 heterocycles. The van der Waals surface area contributed by atoms with E-state index in [1.807, 2.05) is 31.2 Å². The van der Waals surface area contributed by atoms with Crippen LogP contribution in [0, 0.1) is 12.7 Å². The average molecular weight is 382 g/mol. The van der Waals surface area contributed by atoms with Gasteiger partial charge in [-0.1, -0.05) is 53.7 Å². The van der Waals surface area contributed by atoms with Crippen LogP contribution in [-0.2, 0) is 4.79 Å². The van der Waals surface area contributed by atoms with Gasteiger partial charge in [-0.3, -0.25) is 9.89 Å². The van der Waals surface area contributed by atoms with E-state index in [4.69, 9.17) is 0 Å². The number of hydrogen-bond acceptors (Lipinski definition) is 4. The number of H-pyrrole nitrogens is 1. The van der Waals surface area contributed by atoms with Crippen molar-refractivity contribution < 1.29 is 9.18 Å². The molecule has 0 bridgehead atoms. The number of nitrogens with zero attached hydrogens (tertiary/aromatic N) is 2. The third-order valence-electron chi connectivity index (χ3n) is 4.35. The lowest BCUT2D eigenvalue weighted by Crippen LogP contribution is -2.29. The molecule has 1 aliphatic rings. The third-order valence-corrected chi connectivity index (χ3v) is 5.46. The summed E-state index contributed by atoms with van der Waals surface area (Å²) in [6.45, 7) is 2.03. The highest BCUT2D eigenvalue weighted by atomic mass is 32.2. The molecule has 1 saturated carbocycles. The standard InChI is InChI=1S/C20H19FN4OS/c1-12-2-4-14(5-3-12)18-23-20(25-24-18)27-17(19(26)22-16-10-11-16)13-6-8-15(21)9-7-13/h2-9,16-17H,10-11H2,1H3,(H,22,26)(H,23,24,25). The van der Waals surface area contributed by atoms with Gasteiger partial charge in [-0.2, -0.15) is 0 Å². The number of aromatic amines is 1. The molecule has 138 valence electrons. The van der Waals surface area contributed by atoms with Gasteiger partial charge in [-0.25, -0.2) is 9.37 Å². The summed E-state index contributed by atoms with van der Waals surface area (Å²) in [7, 11) is 0. The second-order valence-electron chi connectivity index (χ2n) is 6.66. The van der Waals surface area contributed by atoms with Crippen LogP contribution in [0.1, 0.15) is 29.2 Å². The molecule has 3 aromatic rings. The minimum Gasteiger partial charge on any atom is -0.352 e. The van der Waals surface area contributed by atoms with Crippen LogP contribution in [0.5, 0.6) is 0 Å². The van der Waals surface area contributed by atoms with Crippen molar-refractivity contribution in [2.24, 2.45) is 0 Å². The molecule has 4 rings (SSSR count). The largest absolute Gasteiger partial charge is 0.352 e. The summed E-state index contributed by atoms with van der Waals surface area (Å²) in [6, 6.07) is 14.2. The highest BCUT2D eigenvalue weighted by Gasteiger charge is 2.30. The van der Waals surface area contributed by atoms with Crippen LogP contribution < -0.4 is 5.32 Å². The number of nitrogens with one attached hydrogen (secondary N) is 2. The average Bonchev–Trinajstić information content (AvgIpc) is 3.35. The highest BCUT2D eigenvalue weighted by molar-refractivity contribution is 8.00. The Morgan fingerprint density at radius 2 is 1.89 bits per heavy atom. The molecular weight excluding hydrogens is 363 g/mol. The summed E-state index contributed by atoms with van der Waals surface area (Å²) in [6.07, 6.45) is 2.01. The van der Waals surface area contributed by atoms with E-state index in [0.717, 1.165) is 24.0 Å². The van der Waals surface area contributed by atoms with Crippen molar-refractivity contribution in [1.82, 2.24) is 20.5 Å². The summed E-state index contributed by atoms with van der Waals surface area (Å²) < 4.78 is 13.3. The van der Waals surface area contributed by atoms with Crippen molar-refractivity contribution in [3.8, 4) is 11.4 Å². The smallest absolute Gasteiger partial charge is 0.238 e. The number of halogens is 1. The van der Waals surface area contributed by atoms with Crippen molar-refractivity contribution >= 4 is 17.7 Å². The molecule has 1 aliphatic carbocycles. The number of carbonyl (C=O) groups is 1. The lowest BCUT2D eigenvalue weighted by Gasteiger charge is -2.15. The predicted octanol–water partition coefficient (Wildman–Crippen LogP) is 4.03. The summed E-state index contributed by atoms with van der Waals surface area (Å²) in [5.41, 5.74) is 2.82. The fourth-order valence-corrected chi connectivity index (χ4v) is 3.58. The van der Waals surface area contributed by atoms with Crippen molar-refractivity contribution in [1.29, 1.82) is 0 Å². The first-order chi connectivity index (χ1) is 13.1. The number of carbonyl (C=O) groups excluding carboxylic acids is 1. The topological polar surface area (TPSA) is 70.7 Å². The summed E-state index contributed by atoms with van der Waals surface area (Å²) in [5, 5.41) is 10.1. The van der Waals surface area contributed by atoms with Crippen LogP contribution >= 0.6 is 11.8 Å². The third kappa shape index (κ3) is 4.36. The fraction of sp³-hybridized carbons (Fsp3) is 0.250. The SMILES string of the molecule is Cc1ccc(-c2nc(SC(C(=O)NC3CC3)c3ccc(F)cc3)n[nH]2)cc1. The van der Waals surface area contributed by atoms with E-state index in [0.29, 0.717) is 11.0 Å². The number of benzene rings is 2. The summed E-state index contributed by atoms with van der Waals surface area (Å²) >= 11 is 1.26. The Balaban J connectivity index is 1.56. The van der Waals surface area contributed by atoms with Crippen LogP contribution in [0.3, 0.4) is 0 Å². The van der Waals surface area contributed by atoms with E-state index in [9.17, 15) is 9.18 Å². The maximum atomic E-state index is 13.3. The second kappa shape index (κ2) is 7.52. The van der Waals surface area contributed by atoms with E-state index < -0.39 is 5.25 Å². The predicted molar refractivity (Wildman–Crippen MR) is 103 cm³/mol. The molecule has 0 aliphatic heterocycles. The Bertz CT molecular complexity index is 935. The van der Waals surface area contributed by atoms with Gasteiger partial charge in [-0.15, -0.1) is 5.10 Å². The molecule has 2 N–H and O–H groups in total. The van der Waals surface area contributed by atoms with E-state index in [1.54, 1.807) is 12.1 Å². The van der Waals surface area contributed by atoms with E-state index in [2.05, 4.69) is 20.5 Å². The van der Waals surface area contributed by atoms with Crippen molar-refractivity contribution in [3.05, 3.63) is 65.5 Å². The molecule has 5 nitrogen and oxygen atoms in total. The number of thioether (sulfide) groups is 1. The Morgan fingerprint density at radius 1 is 1.19 bits per heavy atom. The molecule has 1 amide bonds. The molecule has 0 saturated heterocycles. The number of aryl methyl sites for hydroxylation is 1. The summed E-state index contributed by atoms with van der Waals surface area (Å²) in [5.74, 6) is 0.221. The normalized spacial score (nSPS) is 14.7. The van der Waals surface area contributed by atoms with Gasteiger partial charge in [0, 0.05) is 11.6 Å². The Morgan fingerprint density at radius 3 is 2.56 bits per heavy atom. The van der Waals surface area contributed by atoms with Gasteiger partial charge >= 0.3 is 0 Å². The zero-order chi connectivity index (χ0) is 18.8. The molecule has 0 radical (unpaired) electrons. The number of aromatic nitrogens is 3. The van der Waals surface area contributed by atoms with Crippen molar-refractivity contribution in [2.45, 2.75) is 36.2 Å². The van der Waals surface area contributed by atoms with Gasteiger partial charge in [0.2, 0.25) is 11.1 Å². The highest BCUT2D eigenvalue weighted by Crippen LogP contribution is 2.35. The van der Waals surface area contributed by atoms with E-state index >= 15 is 0 Å². The first kappa shape index (κ1) is 17.7. The molecule has 2 aromatic carbocycles. The van der Waals surface area contributed by atoms with Gasteiger partial charge in [-0.05, 0) is 37.5 Å². The van der Waals surface area contributed by atoms with Gasteiger partial charge in [0.05, 0.1) is 0 Å². The van der Waals surface area contributed by atoms with Crippen LogP contribution in [0.15, 0.2) is 53.7 Å². The summed E-state index contributed by atoms with van der Waals surface area (Å²) in [4.78, 5) is 17.2. The van der Waals surface area contributed by atoms with Crippen molar-refractivity contribution in [3.63, 3.8) is 0 Å². The van der Waals surface area contributed by atoms with Gasteiger partial charge in [0.25, 0.3) is 0 Å². The monoisotopic (exact) mass is 382 g/mol. The minimum atomic E-state index is -0.534. The van der Waals surface area contributed by atoms with Crippen LogP contribution in [-0.4, -0.2) is 27.1 Å². The quantitative estimate of drug-likeness (QED) is 0.632. The zero-order valence-corrected chi connectivity index (χ0v) is 15.6. The molecular formula is C20H19FN4OS. The van der Waals surface area contributed by atoms with Gasteiger partial charge in [0.15, 0.2) is 5.82 Å². The second-order valence-corrected chi connectivity index (χ2v) is 7.74. The van der Waals surface area contributed by atoms with E-state index in [-0.39, 0.29) is 17.8 Å².